The molecule has 0 fully saturated rings. The number of aryl methyl sites for hydroxylation is 1. The number of hydrogen-bond acceptors (Lipinski definition) is 11. The minimum Gasteiger partial charge on any atom is -0.229 e. The Balaban J connectivity index is 0.784. The molecule has 17 heteroatoms. The molecule has 2 heterocycles. The van der Waals surface area contributed by atoms with Crippen molar-refractivity contribution in [2.45, 2.75) is 113 Å². The third kappa shape index (κ3) is 14.7. The van der Waals surface area contributed by atoms with Gasteiger partial charge in [-0.15, -0.1) is 0 Å². The number of rotatable bonds is 29. The van der Waals surface area contributed by atoms with Gasteiger partial charge >= 0.3 is 179 Å². The number of sulfone groups is 3. The van der Waals surface area contributed by atoms with Crippen LogP contribution in [0.4, 0.5) is 0 Å². The molecular formula is C62H71BiN6O7S3. The number of unbranched alkanes of at least 4 members (excludes halogenated alkanes) is 3. The first kappa shape index (κ1) is 57.8. The Morgan fingerprint density at radius 3 is 2.08 bits per heavy atom. The van der Waals surface area contributed by atoms with Crippen LogP contribution in [0.25, 0.3) is 39.9 Å². The van der Waals surface area contributed by atoms with Crippen LogP contribution in [0, 0.1) is 0 Å². The van der Waals surface area contributed by atoms with E-state index in [0.717, 1.165) is 43.9 Å². The summed E-state index contributed by atoms with van der Waals surface area (Å²) >= 11 is -2.51. The molecule has 0 bridgehead atoms. The maximum absolute atomic E-state index is 14.2. The molecule has 9 rings (SSSR count). The summed E-state index contributed by atoms with van der Waals surface area (Å²) < 4.78 is 95.9. The summed E-state index contributed by atoms with van der Waals surface area (Å²) in [5, 5.41) is 16.5. The van der Waals surface area contributed by atoms with E-state index in [1.54, 1.807) is 53.1 Å². The van der Waals surface area contributed by atoms with E-state index < -0.39 is 78.5 Å². The largest absolute Gasteiger partial charge is 0.229 e. The Morgan fingerprint density at radius 1 is 0.671 bits per heavy atom. The summed E-state index contributed by atoms with van der Waals surface area (Å²) in [4.78, 5) is 0. The summed E-state index contributed by atoms with van der Waals surface area (Å²) in [7, 11) is -11.9. The smallest absolute Gasteiger partial charge is 0.151 e. The zero-order valence-corrected chi connectivity index (χ0v) is 51.3. The fraction of sp³-hybridized carbons (Fsp3) is 0.355. The van der Waals surface area contributed by atoms with Crippen molar-refractivity contribution >= 4 is 89.7 Å². The first-order chi connectivity index (χ1) is 38.2. The second-order valence-electron chi connectivity index (χ2n) is 20.7. The zero-order valence-electron chi connectivity index (χ0n) is 45.3. The van der Waals surface area contributed by atoms with Gasteiger partial charge in [-0.05, 0) is 96.4 Å². The van der Waals surface area contributed by atoms with Crippen molar-refractivity contribution in [3.8, 4) is 17.1 Å². The fourth-order valence-corrected chi connectivity index (χ4v) is 26.4. The zero-order chi connectivity index (χ0) is 55.4. The number of aromatic nitrogens is 6. The van der Waals surface area contributed by atoms with Crippen LogP contribution in [0.5, 0.6) is 5.88 Å². The Labute approximate surface area is 475 Å². The van der Waals surface area contributed by atoms with Crippen LogP contribution in [0.15, 0.2) is 152 Å². The summed E-state index contributed by atoms with van der Waals surface area (Å²) in [6, 6.07) is 39.1. The van der Waals surface area contributed by atoms with Gasteiger partial charge in [0, 0.05) is 12.8 Å². The first-order valence-corrected chi connectivity index (χ1v) is 38.2. The quantitative estimate of drug-likeness (QED) is 0.0248. The summed E-state index contributed by atoms with van der Waals surface area (Å²) in [6.45, 7) is 4.57. The average molecular weight is 1320 g/mol. The SMILES string of the molecule is CCCCC(CS(=O)(=O)C(CCCCn1cc(OCCCCC2=CCc3ccc4c5c(ccc2c35)C=CC4)nn1)CS(=O)(=O)C(/C=C/C=C/n1cc(-c2cc[c]([Bi]([c]3ccccc3)[c]3ccccc3)cc2)nn1)CC)S(C)(=O)=O. The van der Waals surface area contributed by atoms with Gasteiger partial charge in [0.2, 0.25) is 0 Å². The van der Waals surface area contributed by atoms with Gasteiger partial charge in [-0.3, -0.25) is 0 Å². The van der Waals surface area contributed by atoms with E-state index in [-0.39, 0.29) is 19.3 Å². The van der Waals surface area contributed by atoms with Gasteiger partial charge in [0.15, 0.2) is 29.5 Å². The van der Waals surface area contributed by atoms with Crippen molar-refractivity contribution in [1.29, 1.82) is 0 Å². The molecule has 79 heavy (non-hydrogen) atoms. The van der Waals surface area contributed by atoms with Crippen molar-refractivity contribution in [2.75, 3.05) is 24.4 Å². The van der Waals surface area contributed by atoms with E-state index in [4.69, 9.17) is 4.74 Å². The van der Waals surface area contributed by atoms with Crippen molar-refractivity contribution in [1.82, 2.24) is 30.0 Å². The number of hydrogen-bond donors (Lipinski definition) is 0. The molecule has 3 unspecified atom stereocenters. The number of ether oxygens (including phenoxy) is 1. The fourth-order valence-electron chi connectivity index (χ4n) is 10.7. The summed E-state index contributed by atoms with van der Waals surface area (Å²) in [5.74, 6) is -0.844. The van der Waals surface area contributed by atoms with Crippen LogP contribution in [0.1, 0.15) is 100 Å². The molecular weight excluding hydrogens is 1250 g/mol. The molecule has 0 spiro atoms. The molecule has 2 aliphatic rings. The molecule has 414 valence electrons. The summed E-state index contributed by atoms with van der Waals surface area (Å²) in [5.41, 5.74) is 8.44. The number of nitrogens with zero attached hydrogens (tertiary/aromatic N) is 6. The molecule has 0 N–H and O–H groups in total. The van der Waals surface area contributed by atoms with Crippen molar-refractivity contribution in [3.63, 3.8) is 0 Å². The van der Waals surface area contributed by atoms with Gasteiger partial charge in [0.1, 0.15) is 0 Å². The molecule has 5 aromatic carbocycles. The van der Waals surface area contributed by atoms with Crippen LogP contribution < -0.4 is 14.6 Å². The minimum absolute atomic E-state index is 0.0423. The Morgan fingerprint density at radius 2 is 1.37 bits per heavy atom. The molecule has 2 aromatic heterocycles. The van der Waals surface area contributed by atoms with Gasteiger partial charge in [-0.25, -0.2) is 29.9 Å². The van der Waals surface area contributed by atoms with Crippen LogP contribution in [-0.4, -0.2) is 117 Å². The van der Waals surface area contributed by atoms with E-state index in [0.29, 0.717) is 50.4 Å². The minimum atomic E-state index is -4.19. The van der Waals surface area contributed by atoms with Crippen molar-refractivity contribution in [3.05, 3.63) is 174 Å². The van der Waals surface area contributed by atoms with E-state index in [2.05, 4.69) is 148 Å². The van der Waals surface area contributed by atoms with E-state index in [1.165, 1.54) is 48.4 Å². The number of benzene rings is 5. The summed E-state index contributed by atoms with van der Waals surface area (Å²) in [6.07, 6.45) is 25.2. The molecule has 0 saturated carbocycles. The van der Waals surface area contributed by atoms with E-state index in [9.17, 15) is 25.3 Å². The average Bonchev–Trinajstić information content (AvgIpc) is 4.28. The monoisotopic (exact) mass is 1320 g/mol. The second-order valence-corrected chi connectivity index (χ2v) is 36.2. The molecule has 13 nitrogen and oxygen atoms in total. The standard InChI is InChI=1S/C50H61N6O7S3.2C6H5.Bi/c1-4-6-22-44(64(3,57)58)36-66(61,62)45(37-65(59,60)43(5-2)23-10-13-31-55-34-47(51-53-55)39-18-8-7-9-19-39)24-11-14-32-56-35-48(52-54-56)63-33-15-12-17-38-25-26-42-28-27-40-20-16-21-41-29-30-46(38)50(42)49(40)41;2*1-2-4-6-5-3-1;/h8-10,13,16,18-19,21,23,25,27-31,34-35,43-45H,4-6,11-12,14-15,17,20,22,24,26,32-33,36-37H2,1-3H3;2*1-5H;/b23-10+,31-13+;;;. The predicted octanol–water partition coefficient (Wildman–Crippen LogP) is 9.44. The molecule has 0 radical (unpaired) electrons. The Kier molecular flexibility index (Phi) is 19.5. The van der Waals surface area contributed by atoms with E-state index in [1.807, 2.05) is 6.92 Å². The maximum Gasteiger partial charge on any atom is 0.151 e. The normalized spacial score (nSPS) is 14.8. The van der Waals surface area contributed by atoms with Gasteiger partial charge in [0.25, 0.3) is 5.88 Å². The maximum atomic E-state index is 14.2. The Bertz CT molecular complexity index is 3630. The van der Waals surface area contributed by atoms with Gasteiger partial charge in [0.05, 0.1) is 34.8 Å². The predicted molar refractivity (Wildman–Crippen MR) is 323 cm³/mol. The first-order valence-electron chi connectivity index (χ1n) is 27.6. The third-order valence-corrected chi connectivity index (χ3v) is 31.1. The van der Waals surface area contributed by atoms with E-state index >= 15 is 0 Å². The van der Waals surface area contributed by atoms with Crippen molar-refractivity contribution in [2.24, 2.45) is 0 Å². The van der Waals surface area contributed by atoms with Gasteiger partial charge in [-0.2, -0.15) is 0 Å². The van der Waals surface area contributed by atoms with Gasteiger partial charge in [-0.1, -0.05) is 85.9 Å². The third-order valence-electron chi connectivity index (χ3n) is 15.0. The van der Waals surface area contributed by atoms with Crippen LogP contribution in [0.2, 0.25) is 0 Å². The molecule has 0 amide bonds. The molecule has 0 saturated heterocycles. The Hall–Kier alpha value is -5.87. The topological polar surface area (TPSA) is 173 Å². The van der Waals surface area contributed by atoms with Crippen LogP contribution in [0.3, 0.4) is 0 Å². The second kappa shape index (κ2) is 26.6. The molecule has 7 aromatic rings. The van der Waals surface area contributed by atoms with Gasteiger partial charge < -0.3 is 4.74 Å². The van der Waals surface area contributed by atoms with Crippen LogP contribution >= 0.6 is 0 Å². The molecule has 2 aliphatic carbocycles. The van der Waals surface area contributed by atoms with Crippen LogP contribution in [-0.2, 0) is 48.9 Å². The molecule has 0 aliphatic heterocycles. The number of allylic oxidation sites excluding steroid dienone is 5. The molecule has 3 atom stereocenters. The van der Waals surface area contributed by atoms with Crippen molar-refractivity contribution < 1.29 is 30.0 Å².